The van der Waals surface area contributed by atoms with Crippen LogP contribution >= 0.6 is 0 Å². The number of carbonyl (C=O) groups excluding carboxylic acids is 2. The molecule has 1 saturated heterocycles. The van der Waals surface area contributed by atoms with Crippen molar-refractivity contribution < 1.29 is 14.3 Å². The van der Waals surface area contributed by atoms with Gasteiger partial charge in [0.1, 0.15) is 11.4 Å². The fourth-order valence-electron chi connectivity index (χ4n) is 3.33. The molecule has 0 atom stereocenters. The van der Waals surface area contributed by atoms with E-state index in [0.717, 1.165) is 11.1 Å². The lowest BCUT2D eigenvalue weighted by atomic mass is 10.1. The van der Waals surface area contributed by atoms with E-state index in [4.69, 9.17) is 4.74 Å². The van der Waals surface area contributed by atoms with Gasteiger partial charge < -0.3 is 4.74 Å². The zero-order valence-electron chi connectivity index (χ0n) is 15.8. The van der Waals surface area contributed by atoms with E-state index >= 15 is 0 Å². The number of carbonyl (C=O) groups is 2. The van der Waals surface area contributed by atoms with E-state index in [1.165, 1.54) is 16.2 Å². The Kier molecular flexibility index (Phi) is 4.65. The number of hydrogen-bond donors (Lipinski definition) is 0. The number of pyridine rings is 2. The molecule has 4 rings (SSSR count). The summed E-state index contributed by atoms with van der Waals surface area (Å²) >= 11 is 0. The first-order chi connectivity index (χ1) is 13.6. The van der Waals surface area contributed by atoms with Crippen LogP contribution in [0, 0.1) is 6.92 Å². The molecular weight excluding hydrogens is 356 g/mol. The largest absolute Gasteiger partial charge is 0.496 e. The predicted molar refractivity (Wildman–Crippen MR) is 104 cm³/mol. The molecule has 0 aliphatic carbocycles. The predicted octanol–water partition coefficient (Wildman–Crippen LogP) is 2.85. The van der Waals surface area contributed by atoms with Gasteiger partial charge in [-0.2, -0.15) is 0 Å². The maximum absolute atomic E-state index is 13.2. The molecule has 7 nitrogen and oxygen atoms in total. The number of benzene rings is 1. The van der Waals surface area contributed by atoms with Crippen molar-refractivity contribution in [3.8, 4) is 5.75 Å². The van der Waals surface area contributed by atoms with Crippen LogP contribution in [0.15, 0.2) is 48.7 Å². The summed E-state index contributed by atoms with van der Waals surface area (Å²) in [5.41, 5.74) is 2.20. The maximum atomic E-state index is 13.2. The fourth-order valence-corrected chi connectivity index (χ4v) is 3.33. The Hall–Kier alpha value is -3.48. The quantitative estimate of drug-likeness (QED) is 0.703. The number of rotatable bonds is 3. The molecule has 0 saturated carbocycles. The third kappa shape index (κ3) is 3.15. The molecule has 1 fully saturated rings. The highest BCUT2D eigenvalue weighted by Gasteiger charge is 2.33. The second-order valence-corrected chi connectivity index (χ2v) is 6.63. The van der Waals surface area contributed by atoms with Crippen LogP contribution < -0.4 is 4.74 Å². The number of amides is 2. The second kappa shape index (κ2) is 7.26. The average molecular weight is 376 g/mol. The third-order valence-corrected chi connectivity index (χ3v) is 4.78. The monoisotopic (exact) mass is 376 g/mol. The highest BCUT2D eigenvalue weighted by atomic mass is 16.5. The first-order valence-electron chi connectivity index (χ1n) is 9.08. The van der Waals surface area contributed by atoms with Gasteiger partial charge in [0.2, 0.25) is 0 Å². The molecule has 1 aromatic carbocycles. The molecule has 0 N–H and O–H groups in total. The lowest BCUT2D eigenvalue weighted by Gasteiger charge is -2.27. The average Bonchev–Trinajstić information content (AvgIpc) is 3.22. The number of aromatic nitrogens is 2. The molecule has 0 radical (unpaired) electrons. The van der Waals surface area contributed by atoms with Gasteiger partial charge in [-0.3, -0.25) is 14.6 Å². The van der Waals surface area contributed by atoms with Crippen LogP contribution in [0.1, 0.15) is 33.0 Å². The Morgan fingerprint density at radius 2 is 1.79 bits per heavy atom. The normalized spacial score (nSPS) is 13.8. The number of ether oxygens (including phenoxy) is 1. The number of para-hydroxylation sites is 1. The third-order valence-electron chi connectivity index (χ3n) is 4.78. The molecule has 1 aliphatic heterocycles. The van der Waals surface area contributed by atoms with Crippen molar-refractivity contribution in [1.29, 1.82) is 0 Å². The molecule has 0 unspecified atom stereocenters. The number of hydrogen-bond acceptors (Lipinski definition) is 5. The Morgan fingerprint density at radius 3 is 2.50 bits per heavy atom. The minimum Gasteiger partial charge on any atom is -0.496 e. The fraction of sp³-hybridized carbons (Fsp3) is 0.238. The number of methoxy groups -OCH3 is 1. The molecule has 3 heterocycles. The summed E-state index contributed by atoms with van der Waals surface area (Å²) in [6.45, 7) is 2.79. The highest BCUT2D eigenvalue weighted by Crippen LogP contribution is 2.26. The van der Waals surface area contributed by atoms with Gasteiger partial charge in [-0.15, -0.1) is 0 Å². The van der Waals surface area contributed by atoms with Crippen LogP contribution in [0.25, 0.3) is 10.9 Å². The number of aryl methyl sites for hydroxylation is 1. The molecule has 0 spiro atoms. The molecule has 142 valence electrons. The number of nitrogens with zero attached hydrogens (tertiary/aromatic N) is 4. The Bertz CT molecular complexity index is 1050. The minimum atomic E-state index is -0.324. The van der Waals surface area contributed by atoms with E-state index in [0.29, 0.717) is 36.3 Å². The van der Waals surface area contributed by atoms with Crippen LogP contribution in [0.5, 0.6) is 5.75 Å². The minimum absolute atomic E-state index is 0.244. The van der Waals surface area contributed by atoms with Crippen LogP contribution in [-0.2, 0) is 0 Å². The Morgan fingerprint density at radius 1 is 1.04 bits per heavy atom. The van der Waals surface area contributed by atoms with E-state index in [2.05, 4.69) is 9.97 Å². The van der Waals surface area contributed by atoms with Crippen LogP contribution in [0.3, 0.4) is 0 Å². The van der Waals surface area contributed by atoms with Gasteiger partial charge >= 0.3 is 0 Å². The molecular formula is C21H20N4O3. The zero-order chi connectivity index (χ0) is 19.7. The van der Waals surface area contributed by atoms with Crippen molar-refractivity contribution in [2.45, 2.75) is 13.3 Å². The zero-order valence-corrected chi connectivity index (χ0v) is 15.8. The highest BCUT2D eigenvalue weighted by molar-refractivity contribution is 6.00. The molecule has 2 aromatic heterocycles. The van der Waals surface area contributed by atoms with E-state index in [9.17, 15) is 9.59 Å². The van der Waals surface area contributed by atoms with E-state index < -0.39 is 0 Å². The van der Waals surface area contributed by atoms with Gasteiger partial charge in [0.25, 0.3) is 11.8 Å². The summed E-state index contributed by atoms with van der Waals surface area (Å²) in [6, 6.07) is 12.6. The first-order valence-corrected chi connectivity index (χ1v) is 9.08. The van der Waals surface area contributed by atoms with Crippen molar-refractivity contribution >= 4 is 22.7 Å². The summed E-state index contributed by atoms with van der Waals surface area (Å²) in [4.78, 5) is 34.7. The molecule has 3 aromatic rings. The number of fused-ring (bicyclic) bond motifs is 1. The van der Waals surface area contributed by atoms with Crippen molar-refractivity contribution in [2.24, 2.45) is 0 Å². The van der Waals surface area contributed by atoms with E-state index in [1.807, 2.05) is 31.2 Å². The SMILES string of the molecule is COc1cc(C(=O)N2CCCN2C(=O)c2ccc(C)nc2)nc2ccccc12. The van der Waals surface area contributed by atoms with Gasteiger partial charge in [0.05, 0.1) is 18.2 Å². The van der Waals surface area contributed by atoms with Gasteiger partial charge in [0, 0.05) is 36.4 Å². The molecule has 1 aliphatic rings. The smallest absolute Gasteiger partial charge is 0.291 e. The van der Waals surface area contributed by atoms with Crippen LogP contribution in [-0.4, -0.2) is 52.0 Å². The van der Waals surface area contributed by atoms with Gasteiger partial charge in [-0.05, 0) is 37.6 Å². The standard InChI is InChI=1S/C21H20N4O3/c1-14-8-9-15(13-22-14)20(26)24-10-5-11-25(24)21(27)18-12-19(28-2)16-6-3-4-7-17(16)23-18/h3-4,6-9,12-13H,5,10-11H2,1-2H3. The van der Waals surface area contributed by atoms with Gasteiger partial charge in [-0.1, -0.05) is 12.1 Å². The molecule has 0 bridgehead atoms. The Labute approximate surface area is 162 Å². The van der Waals surface area contributed by atoms with Crippen molar-refractivity contribution in [2.75, 3.05) is 20.2 Å². The van der Waals surface area contributed by atoms with Crippen LogP contribution in [0.2, 0.25) is 0 Å². The van der Waals surface area contributed by atoms with Gasteiger partial charge in [0.15, 0.2) is 0 Å². The maximum Gasteiger partial charge on any atom is 0.291 e. The van der Waals surface area contributed by atoms with E-state index in [-0.39, 0.29) is 17.5 Å². The number of hydrazine groups is 1. The van der Waals surface area contributed by atoms with E-state index in [1.54, 1.807) is 25.3 Å². The summed E-state index contributed by atoms with van der Waals surface area (Å²) in [6.07, 6.45) is 2.25. The summed E-state index contributed by atoms with van der Waals surface area (Å²) < 4.78 is 5.44. The summed E-state index contributed by atoms with van der Waals surface area (Å²) in [5, 5.41) is 3.76. The van der Waals surface area contributed by atoms with Crippen molar-refractivity contribution in [3.63, 3.8) is 0 Å². The molecule has 7 heteroatoms. The second-order valence-electron chi connectivity index (χ2n) is 6.63. The summed E-state index contributed by atoms with van der Waals surface area (Å²) in [7, 11) is 1.56. The lowest BCUT2D eigenvalue weighted by molar-refractivity contribution is 0.0182. The van der Waals surface area contributed by atoms with Crippen molar-refractivity contribution in [3.05, 3.63) is 65.6 Å². The van der Waals surface area contributed by atoms with Crippen LogP contribution in [0.4, 0.5) is 0 Å². The first kappa shape index (κ1) is 17.9. The molecule has 28 heavy (non-hydrogen) atoms. The molecule has 2 amide bonds. The van der Waals surface area contributed by atoms with Crippen molar-refractivity contribution in [1.82, 2.24) is 20.0 Å². The summed E-state index contributed by atoms with van der Waals surface area (Å²) in [5.74, 6) is 0.00911. The van der Waals surface area contributed by atoms with Gasteiger partial charge in [-0.25, -0.2) is 15.0 Å². The Balaban J connectivity index is 1.66. The lowest BCUT2D eigenvalue weighted by Crippen LogP contribution is -2.45. The topological polar surface area (TPSA) is 75.6 Å².